The number of rotatable bonds is 4. The van der Waals surface area contributed by atoms with E-state index in [2.05, 4.69) is 4.98 Å². The number of pyridine rings is 1. The largest absolute Gasteiger partial charge is 0.493 e. The van der Waals surface area contributed by atoms with Crippen molar-refractivity contribution < 1.29 is 13.9 Å². The van der Waals surface area contributed by atoms with Gasteiger partial charge in [0.25, 0.3) is 0 Å². The summed E-state index contributed by atoms with van der Waals surface area (Å²) in [6.45, 7) is 2.26. The van der Waals surface area contributed by atoms with Crippen molar-refractivity contribution in [2.24, 2.45) is 0 Å². The maximum atomic E-state index is 13.5. The standard InChI is InChI=1S/C14H12FNO2/c1-2-18-12-8-4-3-6-10(12)14(17)13-11(15)7-5-9-16-13/h3-9H,2H2,1H3. The van der Waals surface area contributed by atoms with Gasteiger partial charge in [-0.25, -0.2) is 9.37 Å². The first kappa shape index (κ1) is 12.2. The highest BCUT2D eigenvalue weighted by Crippen LogP contribution is 2.21. The van der Waals surface area contributed by atoms with Gasteiger partial charge in [0.15, 0.2) is 5.82 Å². The maximum absolute atomic E-state index is 13.5. The number of aromatic nitrogens is 1. The van der Waals surface area contributed by atoms with Crippen molar-refractivity contribution in [3.8, 4) is 5.75 Å². The van der Waals surface area contributed by atoms with Crippen LogP contribution in [0.3, 0.4) is 0 Å². The molecule has 0 fully saturated rings. The van der Waals surface area contributed by atoms with Gasteiger partial charge in [-0.15, -0.1) is 0 Å². The third kappa shape index (κ3) is 2.37. The van der Waals surface area contributed by atoms with E-state index in [9.17, 15) is 9.18 Å². The molecule has 0 aliphatic rings. The van der Waals surface area contributed by atoms with Gasteiger partial charge in [-0.05, 0) is 31.2 Å². The predicted octanol–water partition coefficient (Wildman–Crippen LogP) is 2.85. The lowest BCUT2D eigenvalue weighted by Gasteiger charge is -2.08. The van der Waals surface area contributed by atoms with Crippen molar-refractivity contribution in [1.29, 1.82) is 0 Å². The summed E-state index contributed by atoms with van der Waals surface area (Å²) in [6.07, 6.45) is 1.39. The van der Waals surface area contributed by atoms with Crippen LogP contribution in [0, 0.1) is 5.82 Å². The molecule has 0 radical (unpaired) electrons. The van der Waals surface area contributed by atoms with Gasteiger partial charge in [0, 0.05) is 6.20 Å². The number of nitrogens with zero attached hydrogens (tertiary/aromatic N) is 1. The van der Waals surface area contributed by atoms with Gasteiger partial charge in [-0.1, -0.05) is 12.1 Å². The number of carbonyl (C=O) groups is 1. The Hall–Kier alpha value is -2.23. The Kier molecular flexibility index (Phi) is 3.67. The van der Waals surface area contributed by atoms with E-state index in [-0.39, 0.29) is 5.69 Å². The number of hydrogen-bond donors (Lipinski definition) is 0. The minimum absolute atomic E-state index is 0.190. The molecule has 1 heterocycles. The molecule has 4 heteroatoms. The Labute approximate surface area is 104 Å². The van der Waals surface area contributed by atoms with Crippen LogP contribution in [0.5, 0.6) is 5.75 Å². The molecular formula is C14H12FNO2. The molecule has 2 rings (SSSR count). The van der Waals surface area contributed by atoms with Gasteiger partial charge in [0.2, 0.25) is 5.78 Å². The Bertz CT molecular complexity index is 569. The molecule has 0 atom stereocenters. The molecule has 0 aliphatic heterocycles. The van der Waals surface area contributed by atoms with Crippen molar-refractivity contribution in [2.75, 3.05) is 6.61 Å². The van der Waals surface area contributed by atoms with Crippen LogP contribution in [0.4, 0.5) is 4.39 Å². The minimum atomic E-state index is -0.631. The first-order valence-electron chi connectivity index (χ1n) is 5.61. The third-order valence-corrected chi connectivity index (χ3v) is 2.41. The van der Waals surface area contributed by atoms with Gasteiger partial charge < -0.3 is 4.74 Å². The van der Waals surface area contributed by atoms with Gasteiger partial charge >= 0.3 is 0 Å². The lowest BCUT2D eigenvalue weighted by atomic mass is 10.1. The van der Waals surface area contributed by atoms with E-state index in [4.69, 9.17) is 4.74 Å². The van der Waals surface area contributed by atoms with Crippen LogP contribution in [0.2, 0.25) is 0 Å². The molecule has 0 spiro atoms. The Balaban J connectivity index is 2.43. The van der Waals surface area contributed by atoms with E-state index >= 15 is 0 Å². The zero-order valence-electron chi connectivity index (χ0n) is 9.89. The van der Waals surface area contributed by atoms with Crippen LogP contribution in [0.15, 0.2) is 42.6 Å². The lowest BCUT2D eigenvalue weighted by molar-refractivity contribution is 0.102. The summed E-state index contributed by atoms with van der Waals surface area (Å²) in [7, 11) is 0. The van der Waals surface area contributed by atoms with E-state index in [0.29, 0.717) is 17.9 Å². The van der Waals surface area contributed by atoms with Crippen molar-refractivity contribution in [2.45, 2.75) is 6.92 Å². The molecule has 18 heavy (non-hydrogen) atoms. The van der Waals surface area contributed by atoms with E-state index < -0.39 is 11.6 Å². The number of halogens is 1. The zero-order chi connectivity index (χ0) is 13.0. The normalized spacial score (nSPS) is 10.1. The highest BCUT2D eigenvalue weighted by Gasteiger charge is 2.18. The monoisotopic (exact) mass is 245 g/mol. The van der Waals surface area contributed by atoms with Crippen molar-refractivity contribution in [3.05, 3.63) is 59.7 Å². The van der Waals surface area contributed by atoms with Crippen LogP contribution in [-0.4, -0.2) is 17.4 Å². The van der Waals surface area contributed by atoms with Gasteiger partial charge in [0.05, 0.1) is 12.2 Å². The van der Waals surface area contributed by atoms with Crippen molar-refractivity contribution >= 4 is 5.78 Å². The quantitative estimate of drug-likeness (QED) is 0.777. The molecule has 1 aromatic carbocycles. The Morgan fingerprint density at radius 2 is 2.06 bits per heavy atom. The van der Waals surface area contributed by atoms with Gasteiger partial charge in [-0.2, -0.15) is 0 Å². The van der Waals surface area contributed by atoms with Crippen molar-refractivity contribution in [3.63, 3.8) is 0 Å². The fourth-order valence-corrected chi connectivity index (χ4v) is 1.62. The van der Waals surface area contributed by atoms with E-state index in [0.717, 1.165) is 0 Å². The van der Waals surface area contributed by atoms with Crippen LogP contribution >= 0.6 is 0 Å². The molecule has 0 amide bonds. The second-order valence-corrected chi connectivity index (χ2v) is 3.59. The Morgan fingerprint density at radius 3 is 2.78 bits per heavy atom. The van der Waals surface area contributed by atoms with Crippen LogP contribution < -0.4 is 4.74 Å². The average Bonchev–Trinajstić information content (AvgIpc) is 2.40. The minimum Gasteiger partial charge on any atom is -0.493 e. The fraction of sp³-hybridized carbons (Fsp3) is 0.143. The zero-order valence-corrected chi connectivity index (χ0v) is 9.89. The summed E-state index contributed by atoms with van der Waals surface area (Å²) in [5.41, 5.74) is 0.126. The van der Waals surface area contributed by atoms with Crippen LogP contribution in [-0.2, 0) is 0 Å². The molecule has 0 N–H and O–H groups in total. The second kappa shape index (κ2) is 5.40. The van der Waals surface area contributed by atoms with Gasteiger partial charge in [0.1, 0.15) is 11.4 Å². The summed E-state index contributed by atoms with van der Waals surface area (Å²) in [6, 6.07) is 9.40. The fourth-order valence-electron chi connectivity index (χ4n) is 1.62. The average molecular weight is 245 g/mol. The third-order valence-electron chi connectivity index (χ3n) is 2.41. The summed E-state index contributed by atoms with van der Waals surface area (Å²) in [5, 5.41) is 0. The van der Waals surface area contributed by atoms with E-state index in [1.165, 1.54) is 18.3 Å². The second-order valence-electron chi connectivity index (χ2n) is 3.59. The highest BCUT2D eigenvalue weighted by molar-refractivity contribution is 6.09. The molecule has 92 valence electrons. The number of para-hydroxylation sites is 1. The molecule has 0 saturated heterocycles. The topological polar surface area (TPSA) is 39.2 Å². The Morgan fingerprint density at radius 1 is 1.28 bits per heavy atom. The summed E-state index contributed by atoms with van der Waals surface area (Å²) >= 11 is 0. The number of ether oxygens (including phenoxy) is 1. The molecule has 0 saturated carbocycles. The predicted molar refractivity (Wildman–Crippen MR) is 65.2 cm³/mol. The number of benzene rings is 1. The lowest BCUT2D eigenvalue weighted by Crippen LogP contribution is -2.09. The molecule has 1 aromatic heterocycles. The summed E-state index contributed by atoms with van der Waals surface area (Å²) < 4.78 is 18.9. The van der Waals surface area contributed by atoms with Crippen molar-refractivity contribution in [1.82, 2.24) is 4.98 Å². The smallest absolute Gasteiger partial charge is 0.218 e. The molecule has 2 aromatic rings. The summed E-state index contributed by atoms with van der Waals surface area (Å²) in [4.78, 5) is 16.0. The number of hydrogen-bond acceptors (Lipinski definition) is 3. The number of ketones is 1. The highest BCUT2D eigenvalue weighted by atomic mass is 19.1. The van der Waals surface area contributed by atoms with Crippen LogP contribution in [0.25, 0.3) is 0 Å². The first-order valence-corrected chi connectivity index (χ1v) is 5.61. The number of carbonyl (C=O) groups excluding carboxylic acids is 1. The molecule has 0 bridgehead atoms. The SMILES string of the molecule is CCOc1ccccc1C(=O)c1ncccc1F. The molecule has 3 nitrogen and oxygen atoms in total. The molecule has 0 aliphatic carbocycles. The first-order chi connectivity index (χ1) is 8.74. The molecule has 0 unspecified atom stereocenters. The maximum Gasteiger partial charge on any atom is 0.218 e. The van der Waals surface area contributed by atoms with Crippen LogP contribution in [0.1, 0.15) is 23.0 Å². The van der Waals surface area contributed by atoms with Gasteiger partial charge in [-0.3, -0.25) is 4.79 Å². The van der Waals surface area contributed by atoms with E-state index in [1.807, 2.05) is 6.92 Å². The van der Waals surface area contributed by atoms with E-state index in [1.54, 1.807) is 24.3 Å². The summed E-state index contributed by atoms with van der Waals surface area (Å²) in [5.74, 6) is -0.666. The molecular weight excluding hydrogens is 233 g/mol.